The number of fused-ring (bicyclic) bond motifs is 3. The van der Waals surface area contributed by atoms with E-state index in [-0.39, 0.29) is 17.9 Å². The van der Waals surface area contributed by atoms with E-state index in [9.17, 15) is 9.59 Å². The van der Waals surface area contributed by atoms with E-state index in [0.29, 0.717) is 18.7 Å². The zero-order chi connectivity index (χ0) is 24.1. The molecule has 1 unspecified atom stereocenters. The molecular formula is C27H35N3O3. The van der Waals surface area contributed by atoms with Crippen molar-refractivity contribution in [3.05, 3.63) is 41.5 Å². The van der Waals surface area contributed by atoms with Crippen LogP contribution in [-0.4, -0.2) is 35.3 Å². The maximum absolute atomic E-state index is 13.7. The van der Waals surface area contributed by atoms with Crippen LogP contribution in [0.1, 0.15) is 58.2 Å². The molecule has 6 heteroatoms. The molecule has 4 rings (SSSR count). The molecule has 0 aliphatic carbocycles. The first-order valence-electron chi connectivity index (χ1n) is 11.8. The van der Waals surface area contributed by atoms with Gasteiger partial charge in [-0.25, -0.2) is 9.69 Å². The molecule has 0 bridgehead atoms. The molecule has 2 aromatic carbocycles. The van der Waals surface area contributed by atoms with Crippen molar-refractivity contribution in [3.8, 4) is 0 Å². The zero-order valence-electron chi connectivity index (χ0n) is 20.8. The largest absolute Gasteiger partial charge is 0.443 e. The fraction of sp³-hybridized carbons (Fsp3) is 0.481. The average molecular weight is 450 g/mol. The van der Waals surface area contributed by atoms with Gasteiger partial charge in [0.2, 0.25) is 5.91 Å². The Bertz CT molecular complexity index is 1230. The Labute approximate surface area is 195 Å². The third-order valence-corrected chi connectivity index (χ3v) is 6.35. The first-order chi connectivity index (χ1) is 15.5. The fourth-order valence-electron chi connectivity index (χ4n) is 5.05. The molecule has 1 aromatic heterocycles. The maximum Gasteiger partial charge on any atom is 0.421 e. The molecule has 1 N–H and O–H groups in total. The van der Waals surface area contributed by atoms with Crippen molar-refractivity contribution in [2.45, 2.75) is 66.5 Å². The Morgan fingerprint density at radius 2 is 1.85 bits per heavy atom. The lowest BCUT2D eigenvalue weighted by Gasteiger charge is -2.30. The van der Waals surface area contributed by atoms with E-state index >= 15 is 0 Å². The summed E-state index contributed by atoms with van der Waals surface area (Å²) in [7, 11) is 0. The summed E-state index contributed by atoms with van der Waals surface area (Å²) in [6, 6.07) is 10.7. The van der Waals surface area contributed by atoms with Crippen molar-refractivity contribution in [3.63, 3.8) is 0 Å². The Morgan fingerprint density at radius 3 is 2.45 bits per heavy atom. The SMILES string of the molecule is Cc1cc2c(c(C)c1N(C(=O)OC(C)(C)C)C(=O)C1CCNC1)c1ccccc1n2C(C)C. The minimum absolute atomic E-state index is 0.201. The van der Waals surface area contributed by atoms with E-state index in [1.165, 1.54) is 4.90 Å². The quantitative estimate of drug-likeness (QED) is 0.543. The van der Waals surface area contributed by atoms with Crippen molar-refractivity contribution in [1.82, 2.24) is 9.88 Å². The first kappa shape index (κ1) is 23.3. The number of hydrogen-bond acceptors (Lipinski definition) is 4. The Morgan fingerprint density at radius 1 is 1.15 bits per heavy atom. The first-order valence-corrected chi connectivity index (χ1v) is 11.8. The number of imide groups is 1. The predicted octanol–water partition coefficient (Wildman–Crippen LogP) is 5.87. The predicted molar refractivity (Wildman–Crippen MR) is 134 cm³/mol. The van der Waals surface area contributed by atoms with Gasteiger partial charge in [-0.15, -0.1) is 0 Å². The van der Waals surface area contributed by atoms with Crippen LogP contribution < -0.4 is 10.2 Å². The highest BCUT2D eigenvalue weighted by Crippen LogP contribution is 2.40. The number of amides is 2. The third-order valence-electron chi connectivity index (χ3n) is 6.35. The number of aromatic nitrogens is 1. The van der Waals surface area contributed by atoms with E-state index < -0.39 is 11.7 Å². The molecule has 1 aliphatic heterocycles. The minimum Gasteiger partial charge on any atom is -0.443 e. The van der Waals surface area contributed by atoms with Gasteiger partial charge >= 0.3 is 6.09 Å². The average Bonchev–Trinajstić information content (AvgIpc) is 3.35. The number of ether oxygens (including phenoxy) is 1. The van der Waals surface area contributed by atoms with Gasteiger partial charge in [0.1, 0.15) is 5.60 Å². The van der Waals surface area contributed by atoms with Gasteiger partial charge in [0.05, 0.1) is 17.1 Å². The van der Waals surface area contributed by atoms with Crippen molar-refractivity contribution >= 4 is 39.5 Å². The Kier molecular flexibility index (Phi) is 5.99. The summed E-state index contributed by atoms with van der Waals surface area (Å²) < 4.78 is 8.06. The summed E-state index contributed by atoms with van der Waals surface area (Å²) in [5.74, 6) is -0.448. The van der Waals surface area contributed by atoms with E-state index in [0.717, 1.165) is 39.5 Å². The fourth-order valence-corrected chi connectivity index (χ4v) is 5.05. The molecule has 0 radical (unpaired) electrons. The van der Waals surface area contributed by atoms with Crippen LogP contribution in [0.25, 0.3) is 21.8 Å². The van der Waals surface area contributed by atoms with Crippen molar-refractivity contribution < 1.29 is 14.3 Å². The van der Waals surface area contributed by atoms with Gasteiger partial charge in [-0.1, -0.05) is 18.2 Å². The highest BCUT2D eigenvalue weighted by atomic mass is 16.6. The molecule has 33 heavy (non-hydrogen) atoms. The lowest BCUT2D eigenvalue weighted by molar-refractivity contribution is -0.121. The molecule has 1 aliphatic rings. The molecule has 2 heterocycles. The number of benzene rings is 2. The summed E-state index contributed by atoms with van der Waals surface area (Å²) in [4.78, 5) is 28.4. The lowest BCUT2D eigenvalue weighted by Crippen LogP contribution is -2.45. The maximum atomic E-state index is 13.7. The highest BCUT2D eigenvalue weighted by Gasteiger charge is 2.37. The van der Waals surface area contributed by atoms with Gasteiger partial charge in [-0.2, -0.15) is 0 Å². The van der Waals surface area contributed by atoms with Crippen molar-refractivity contribution in [2.24, 2.45) is 5.92 Å². The lowest BCUT2D eigenvalue weighted by atomic mass is 9.99. The summed E-state index contributed by atoms with van der Waals surface area (Å²) in [5, 5.41) is 5.44. The smallest absolute Gasteiger partial charge is 0.421 e. The third kappa shape index (κ3) is 4.12. The molecule has 0 saturated carbocycles. The topological polar surface area (TPSA) is 63.6 Å². The number of para-hydroxylation sites is 1. The van der Waals surface area contributed by atoms with Crippen LogP contribution in [0, 0.1) is 19.8 Å². The van der Waals surface area contributed by atoms with Crippen LogP contribution in [0.4, 0.5) is 10.5 Å². The Balaban J connectivity index is 1.99. The van der Waals surface area contributed by atoms with E-state index in [2.05, 4.69) is 41.9 Å². The number of aryl methyl sites for hydroxylation is 2. The van der Waals surface area contributed by atoms with E-state index in [4.69, 9.17) is 4.74 Å². The van der Waals surface area contributed by atoms with Crippen LogP contribution in [0.2, 0.25) is 0 Å². The van der Waals surface area contributed by atoms with Gasteiger partial charge in [-0.3, -0.25) is 4.79 Å². The van der Waals surface area contributed by atoms with Gasteiger partial charge in [0.25, 0.3) is 0 Å². The van der Waals surface area contributed by atoms with Crippen LogP contribution in [0.3, 0.4) is 0 Å². The molecule has 6 nitrogen and oxygen atoms in total. The standard InChI is InChI=1S/C27H35N3O3/c1-16(2)29-21-11-9-8-10-20(21)23-18(4)24(17(3)14-22(23)29)30(26(32)33-27(5,6)7)25(31)19-12-13-28-15-19/h8-11,14,16,19,28H,12-13,15H2,1-7H3. The molecule has 3 aromatic rings. The van der Waals surface area contributed by atoms with Gasteiger partial charge in [0, 0.05) is 28.9 Å². The second kappa shape index (κ2) is 8.49. The monoisotopic (exact) mass is 449 g/mol. The van der Waals surface area contributed by atoms with Gasteiger partial charge in [0.15, 0.2) is 0 Å². The summed E-state index contributed by atoms with van der Waals surface area (Å²) in [6.45, 7) is 15.2. The molecule has 2 amide bonds. The number of anilines is 1. The normalized spacial score (nSPS) is 16.7. The summed E-state index contributed by atoms with van der Waals surface area (Å²) in [5.41, 5.74) is 4.01. The number of carbonyl (C=O) groups is 2. The van der Waals surface area contributed by atoms with Crippen LogP contribution in [0.15, 0.2) is 30.3 Å². The molecule has 1 saturated heterocycles. The highest BCUT2D eigenvalue weighted by molar-refractivity contribution is 6.18. The summed E-state index contributed by atoms with van der Waals surface area (Å²) >= 11 is 0. The number of nitrogens with one attached hydrogen (secondary N) is 1. The molecule has 0 spiro atoms. The van der Waals surface area contributed by atoms with Crippen molar-refractivity contribution in [1.29, 1.82) is 0 Å². The molecule has 176 valence electrons. The van der Waals surface area contributed by atoms with Crippen molar-refractivity contribution in [2.75, 3.05) is 18.0 Å². The second-order valence-corrected chi connectivity index (χ2v) is 10.4. The van der Waals surface area contributed by atoms with E-state index in [1.54, 1.807) is 0 Å². The number of nitrogens with zero attached hydrogens (tertiary/aromatic N) is 2. The number of carbonyl (C=O) groups excluding carboxylic acids is 2. The zero-order valence-corrected chi connectivity index (χ0v) is 20.8. The molecule has 1 atom stereocenters. The van der Waals surface area contributed by atoms with Crippen LogP contribution in [-0.2, 0) is 9.53 Å². The van der Waals surface area contributed by atoms with Crippen LogP contribution >= 0.6 is 0 Å². The van der Waals surface area contributed by atoms with E-state index in [1.807, 2.05) is 46.8 Å². The molecule has 1 fully saturated rings. The van der Waals surface area contributed by atoms with Crippen LogP contribution in [0.5, 0.6) is 0 Å². The molecular weight excluding hydrogens is 414 g/mol. The Hall–Kier alpha value is -2.86. The summed E-state index contributed by atoms with van der Waals surface area (Å²) in [6.07, 6.45) is 0.100. The minimum atomic E-state index is -0.705. The number of hydrogen-bond donors (Lipinski definition) is 1. The second-order valence-electron chi connectivity index (χ2n) is 10.4. The van der Waals surface area contributed by atoms with Gasteiger partial charge < -0.3 is 14.6 Å². The number of rotatable bonds is 3. The van der Waals surface area contributed by atoms with Gasteiger partial charge in [-0.05, 0) is 84.7 Å².